The van der Waals surface area contributed by atoms with Crippen molar-refractivity contribution in [1.82, 2.24) is 0 Å². The fourth-order valence-corrected chi connectivity index (χ4v) is 0.553. The molecule has 0 radical (unpaired) electrons. The number of hydrogen-bond donors (Lipinski definition) is 1. The second kappa shape index (κ2) is 15.9. The lowest BCUT2D eigenvalue weighted by molar-refractivity contribution is -0.137. The monoisotopic (exact) mass is 228 g/mol. The lowest BCUT2D eigenvalue weighted by Gasteiger charge is -1.91. The van der Waals surface area contributed by atoms with Crippen LogP contribution in [0.1, 0.15) is 20.8 Å². The van der Waals surface area contributed by atoms with E-state index in [1.54, 1.807) is 39.4 Å². The molecule has 1 heterocycles. The van der Waals surface area contributed by atoms with Crippen molar-refractivity contribution in [2.45, 2.75) is 20.8 Å². The largest absolute Gasteiger partial charge is 0.473 e. The number of hydrogen-bond acceptors (Lipinski definition) is 4. The second-order valence-electron chi connectivity index (χ2n) is 2.36. The highest BCUT2D eigenvalue weighted by Crippen LogP contribution is 1.79. The molecule has 0 aliphatic carbocycles. The Bertz CT molecular complexity index is 222. The standard InChI is InChI=1S/C6H10O2.C4H4O.C2H6O/c1-3-5-6(7)8-4-2;1-2-4-5-3-1;1-2-3/h3,5H,4H2,1-2H3;1-4H;3H,2H2,1H3/b5-3+;;. The fraction of sp³-hybridized carbons (Fsp3) is 0.417. The molecule has 1 rings (SSSR count). The maximum atomic E-state index is 10.3. The highest BCUT2D eigenvalue weighted by Gasteiger charge is 1.88. The molecule has 0 aliphatic rings. The van der Waals surface area contributed by atoms with E-state index in [4.69, 9.17) is 5.11 Å². The van der Waals surface area contributed by atoms with Crippen LogP contribution in [0.4, 0.5) is 0 Å². The molecule has 0 bridgehead atoms. The average molecular weight is 228 g/mol. The van der Waals surface area contributed by atoms with Gasteiger partial charge in [-0.2, -0.15) is 0 Å². The van der Waals surface area contributed by atoms with Crippen molar-refractivity contribution >= 4 is 5.97 Å². The molecule has 0 spiro atoms. The van der Waals surface area contributed by atoms with Crippen molar-refractivity contribution in [3.05, 3.63) is 36.8 Å². The highest BCUT2D eigenvalue weighted by atomic mass is 16.5. The van der Waals surface area contributed by atoms with Crippen LogP contribution < -0.4 is 0 Å². The summed E-state index contributed by atoms with van der Waals surface area (Å²) in [5, 5.41) is 7.57. The van der Waals surface area contributed by atoms with E-state index in [9.17, 15) is 4.79 Å². The number of aliphatic hydroxyl groups excluding tert-OH is 1. The molecule has 1 aromatic heterocycles. The normalized spacial score (nSPS) is 8.50. The van der Waals surface area contributed by atoms with Gasteiger partial charge < -0.3 is 14.3 Å². The molecule has 0 atom stereocenters. The molecule has 4 heteroatoms. The number of allylic oxidation sites excluding steroid dienone is 1. The van der Waals surface area contributed by atoms with E-state index in [0.717, 1.165) is 0 Å². The summed E-state index contributed by atoms with van der Waals surface area (Å²) in [6, 6.07) is 3.67. The minimum atomic E-state index is -0.269. The van der Waals surface area contributed by atoms with Gasteiger partial charge in [0.05, 0.1) is 19.1 Å². The van der Waals surface area contributed by atoms with Crippen LogP contribution in [0.15, 0.2) is 41.2 Å². The predicted octanol–water partition coefficient (Wildman–Crippen LogP) is 2.40. The van der Waals surface area contributed by atoms with Crippen LogP contribution in [0.2, 0.25) is 0 Å². The summed E-state index contributed by atoms with van der Waals surface area (Å²) in [6.07, 6.45) is 6.29. The molecule has 16 heavy (non-hydrogen) atoms. The highest BCUT2D eigenvalue weighted by molar-refractivity contribution is 5.81. The first-order valence-corrected chi connectivity index (χ1v) is 5.10. The number of rotatable bonds is 2. The van der Waals surface area contributed by atoms with Gasteiger partial charge in [-0.15, -0.1) is 0 Å². The Labute approximate surface area is 96.5 Å². The maximum Gasteiger partial charge on any atom is 0.330 e. The molecule has 0 fully saturated rings. The second-order valence-corrected chi connectivity index (χ2v) is 2.36. The minimum Gasteiger partial charge on any atom is -0.473 e. The topological polar surface area (TPSA) is 59.7 Å². The zero-order valence-corrected chi connectivity index (χ0v) is 10.1. The number of furan rings is 1. The van der Waals surface area contributed by atoms with Crippen molar-refractivity contribution in [2.75, 3.05) is 13.2 Å². The Hall–Kier alpha value is -1.55. The number of ether oxygens (including phenoxy) is 1. The first-order chi connectivity index (χ1) is 7.72. The van der Waals surface area contributed by atoms with E-state index < -0.39 is 0 Å². The summed E-state index contributed by atoms with van der Waals surface area (Å²) >= 11 is 0. The smallest absolute Gasteiger partial charge is 0.330 e. The zero-order valence-electron chi connectivity index (χ0n) is 10.1. The molecule has 92 valence electrons. The molecule has 1 N–H and O–H groups in total. The Morgan fingerprint density at radius 1 is 1.38 bits per heavy atom. The first-order valence-electron chi connectivity index (χ1n) is 5.10. The van der Waals surface area contributed by atoms with Crippen molar-refractivity contribution in [3.63, 3.8) is 0 Å². The van der Waals surface area contributed by atoms with Gasteiger partial charge >= 0.3 is 5.97 Å². The quantitative estimate of drug-likeness (QED) is 0.623. The number of carbonyl (C=O) groups is 1. The molecule has 1 aromatic rings. The average Bonchev–Trinajstić information content (AvgIpc) is 2.77. The SMILES string of the molecule is C/C=C/C(=O)OCC.CCO.c1ccoc1. The van der Waals surface area contributed by atoms with Crippen LogP contribution in [0.3, 0.4) is 0 Å². The van der Waals surface area contributed by atoms with Crippen LogP contribution in [-0.2, 0) is 9.53 Å². The zero-order chi connectivity index (χ0) is 12.6. The van der Waals surface area contributed by atoms with E-state index >= 15 is 0 Å². The Kier molecular flexibility index (Phi) is 16.8. The van der Waals surface area contributed by atoms with E-state index in [2.05, 4.69) is 9.15 Å². The summed E-state index contributed by atoms with van der Waals surface area (Å²) in [5.41, 5.74) is 0. The van der Waals surface area contributed by atoms with Crippen LogP contribution >= 0.6 is 0 Å². The van der Waals surface area contributed by atoms with Gasteiger partial charge in [0.2, 0.25) is 0 Å². The van der Waals surface area contributed by atoms with Crippen LogP contribution in [-0.4, -0.2) is 24.3 Å². The minimum absolute atomic E-state index is 0.250. The Balaban J connectivity index is 0. The molecule has 0 saturated heterocycles. The van der Waals surface area contributed by atoms with Crippen molar-refractivity contribution in [3.8, 4) is 0 Å². The van der Waals surface area contributed by atoms with Crippen molar-refractivity contribution in [1.29, 1.82) is 0 Å². The summed E-state index contributed by atoms with van der Waals surface area (Å²) in [4.78, 5) is 10.3. The third-order valence-corrected chi connectivity index (χ3v) is 1.01. The molecule has 0 amide bonds. The predicted molar refractivity (Wildman–Crippen MR) is 62.9 cm³/mol. The Morgan fingerprint density at radius 2 is 1.88 bits per heavy atom. The molecule has 0 aliphatic heterocycles. The Morgan fingerprint density at radius 3 is 2.12 bits per heavy atom. The van der Waals surface area contributed by atoms with Gasteiger partial charge in [0.25, 0.3) is 0 Å². The first kappa shape index (κ1) is 16.9. The van der Waals surface area contributed by atoms with Gasteiger partial charge in [-0.25, -0.2) is 4.79 Å². The summed E-state index contributed by atoms with van der Waals surface area (Å²) in [6.45, 7) is 5.93. The third kappa shape index (κ3) is 18.3. The third-order valence-electron chi connectivity index (χ3n) is 1.01. The lowest BCUT2D eigenvalue weighted by Crippen LogP contribution is -1.98. The molecular weight excluding hydrogens is 208 g/mol. The summed E-state index contributed by atoms with van der Waals surface area (Å²) in [5.74, 6) is -0.269. The number of esters is 1. The summed E-state index contributed by atoms with van der Waals surface area (Å²) < 4.78 is 9.14. The van der Waals surface area contributed by atoms with E-state index in [0.29, 0.717) is 6.61 Å². The molecule has 4 nitrogen and oxygen atoms in total. The number of carbonyl (C=O) groups excluding carboxylic acids is 1. The van der Waals surface area contributed by atoms with Gasteiger partial charge in [-0.05, 0) is 32.9 Å². The van der Waals surface area contributed by atoms with Gasteiger partial charge in [-0.3, -0.25) is 0 Å². The van der Waals surface area contributed by atoms with E-state index in [1.807, 2.05) is 12.1 Å². The fourth-order valence-electron chi connectivity index (χ4n) is 0.553. The van der Waals surface area contributed by atoms with Gasteiger partial charge in [-0.1, -0.05) is 6.08 Å². The number of aliphatic hydroxyl groups is 1. The van der Waals surface area contributed by atoms with Gasteiger partial charge in [0.1, 0.15) is 0 Å². The van der Waals surface area contributed by atoms with E-state index in [1.165, 1.54) is 6.08 Å². The lowest BCUT2D eigenvalue weighted by atomic mass is 10.5. The molecule has 0 aromatic carbocycles. The van der Waals surface area contributed by atoms with Crippen LogP contribution in [0, 0.1) is 0 Å². The van der Waals surface area contributed by atoms with Crippen LogP contribution in [0.25, 0.3) is 0 Å². The van der Waals surface area contributed by atoms with Crippen molar-refractivity contribution < 1.29 is 19.1 Å². The van der Waals surface area contributed by atoms with Gasteiger partial charge in [0, 0.05) is 12.7 Å². The van der Waals surface area contributed by atoms with Crippen LogP contribution in [0.5, 0.6) is 0 Å². The maximum absolute atomic E-state index is 10.3. The van der Waals surface area contributed by atoms with Crippen molar-refractivity contribution in [2.24, 2.45) is 0 Å². The molecular formula is C12H20O4. The molecule has 0 saturated carbocycles. The van der Waals surface area contributed by atoms with Gasteiger partial charge in [0.15, 0.2) is 0 Å². The summed E-state index contributed by atoms with van der Waals surface area (Å²) in [7, 11) is 0. The molecule has 0 unspecified atom stereocenters. The van der Waals surface area contributed by atoms with E-state index in [-0.39, 0.29) is 12.6 Å².